The first-order valence-electron chi connectivity index (χ1n) is 30.8. The molecule has 0 bridgehead atoms. The Balaban J connectivity index is 2.20. The van der Waals surface area contributed by atoms with Gasteiger partial charge in [-0.2, -0.15) is 11.8 Å². The zero-order valence-electron chi connectivity index (χ0n) is 53.1. The number of carboxylic acids is 5. The van der Waals surface area contributed by atoms with Gasteiger partial charge in [0.2, 0.25) is 35.4 Å². The van der Waals surface area contributed by atoms with Crippen molar-refractivity contribution in [3.8, 4) is 0 Å². The van der Waals surface area contributed by atoms with Gasteiger partial charge in [-0.05, 0) is 75.9 Å². The summed E-state index contributed by atoms with van der Waals surface area (Å²) in [5.41, 5.74) is 0. The van der Waals surface area contributed by atoms with Crippen LogP contribution in [0.25, 0.3) is 0 Å². The predicted molar refractivity (Wildman–Crippen MR) is 327 cm³/mol. The number of likely N-dealkylation sites (tertiary alicyclic amines) is 1. The van der Waals surface area contributed by atoms with E-state index in [1.807, 2.05) is 27.7 Å². The summed E-state index contributed by atoms with van der Waals surface area (Å²) >= 11 is 1.39. The lowest BCUT2D eigenvalue weighted by Crippen LogP contribution is -2.52. The van der Waals surface area contributed by atoms with Gasteiger partial charge in [-0.3, -0.25) is 91.2 Å². The molecule has 93 heavy (non-hydrogen) atoms. The summed E-state index contributed by atoms with van der Waals surface area (Å²) < 4.78 is 5.57. The van der Waals surface area contributed by atoms with Crippen molar-refractivity contribution in [3.05, 3.63) is 12.2 Å². The first-order chi connectivity index (χ1) is 43.7. The van der Waals surface area contributed by atoms with Gasteiger partial charge in [0.15, 0.2) is 28.9 Å². The molecule has 32 heteroatoms. The largest absolute Gasteiger partial charge is 0.481 e. The first-order valence-corrected chi connectivity index (χ1v) is 32.2. The van der Waals surface area contributed by atoms with E-state index in [0.717, 1.165) is 17.1 Å². The maximum absolute atomic E-state index is 14.1. The molecule has 2 aliphatic heterocycles. The highest BCUT2D eigenvalue weighted by Crippen LogP contribution is 2.23. The Morgan fingerprint density at radius 3 is 1.43 bits per heavy atom. The molecule has 1 saturated heterocycles. The van der Waals surface area contributed by atoms with E-state index in [0.29, 0.717) is 12.2 Å². The average Bonchev–Trinajstić information content (AvgIpc) is 1.87. The van der Waals surface area contributed by atoms with Crippen LogP contribution in [0.5, 0.6) is 0 Å². The van der Waals surface area contributed by atoms with Crippen LogP contribution >= 0.6 is 11.8 Å². The smallest absolute Gasteiger partial charge is 0.303 e. The van der Waals surface area contributed by atoms with Gasteiger partial charge in [0, 0.05) is 126 Å². The SMILES string of the molecule is CSC[C@H](NC(=O)CCC(=O)[C@H](CC(C)C)NC(=O)[C@@H]1CCCN1C(=O)COCCCC(=O)[C@@H](CCC(=O)O)NC(=O)[C@@H](CCC(=O)O)CC(=O)[C@@H](CCC(=O)O)NC(=O)[C@@H](CCC(=O)O)CC(=O)[C@@H](CCC(=O)O)NC(=O)CCN1C(=O)C=CC1=O)C(=O)CC(C)C. The molecule has 0 radical (unpaired) electrons. The molecule has 10 N–H and O–H groups in total. The Kier molecular flexibility index (Phi) is 36.5. The lowest BCUT2D eigenvalue weighted by atomic mass is 9.89. The number of amides is 8. The van der Waals surface area contributed by atoms with Crippen molar-refractivity contribution < 1.29 is 117 Å². The highest BCUT2D eigenvalue weighted by atomic mass is 32.2. The molecule has 2 aliphatic rings. The second kappa shape index (κ2) is 42.0. The summed E-state index contributed by atoms with van der Waals surface area (Å²) in [5, 5.41) is 59.9. The van der Waals surface area contributed by atoms with Gasteiger partial charge in [-0.25, -0.2) is 0 Å². The van der Waals surface area contributed by atoms with E-state index in [2.05, 4.69) is 26.6 Å². The number of carbonyl (C=O) groups excluding carboxylic acids is 13. The molecule has 2 rings (SSSR count). The fraction of sp³-hybridized carbons (Fsp3) is 0.672. The third-order valence-electron chi connectivity index (χ3n) is 15.1. The maximum Gasteiger partial charge on any atom is 0.303 e. The lowest BCUT2D eigenvalue weighted by molar-refractivity contribution is -0.142. The number of carboxylic acid groups (broad SMARTS) is 5. The normalized spacial score (nSPS) is 15.9. The van der Waals surface area contributed by atoms with E-state index in [9.17, 15) is 112 Å². The molecule has 0 saturated carbocycles. The third kappa shape index (κ3) is 31.7. The first kappa shape index (κ1) is 80.8. The number of hydrogen-bond acceptors (Lipinski definition) is 20. The van der Waals surface area contributed by atoms with Crippen LogP contribution in [0.3, 0.4) is 0 Å². The standard InChI is InChI=1S/C61H89N7O24S/c1-34(2)28-41(45(70)15-16-49(74)63-42(33-93-5)46(71)29-35(3)4)66-61(91)43-8-6-25-67(43)53(78)32-92-27-7-9-44(69)38(12-21-56(83)84)64-59(89)37(11-20-55(81)82)31-48(73)40(14-23-58(87)88)65-60(90)36(10-19-54(79)80)30-47(72)39(13-22-57(85)86)62-50(75)24-26-68-51(76)17-18-52(68)77/h17-18,34-43H,6-16,19-33H2,1-5H3,(H,62,75)(H,63,74)(H,64,89)(H,65,90)(H,66,91)(H,79,80)(H,81,82)(H,83,84)(H,85,86)(H,87,88)/t36-,37-,38+,39+,40+,41-,42-,43-/m0/s1. The van der Waals surface area contributed by atoms with Crippen molar-refractivity contribution in [2.24, 2.45) is 23.7 Å². The van der Waals surface area contributed by atoms with Gasteiger partial charge in [-0.1, -0.05) is 27.7 Å². The molecule has 0 aromatic heterocycles. The Labute approximate surface area is 541 Å². The molecule has 518 valence electrons. The van der Waals surface area contributed by atoms with Crippen LogP contribution in [0.2, 0.25) is 0 Å². The Morgan fingerprint density at radius 1 is 0.516 bits per heavy atom. The van der Waals surface area contributed by atoms with Gasteiger partial charge >= 0.3 is 29.8 Å². The van der Waals surface area contributed by atoms with Crippen LogP contribution in [0.15, 0.2) is 12.2 Å². The van der Waals surface area contributed by atoms with Crippen molar-refractivity contribution in [2.75, 3.05) is 38.3 Å². The number of imide groups is 1. The summed E-state index contributed by atoms with van der Waals surface area (Å²) in [7, 11) is 0. The van der Waals surface area contributed by atoms with E-state index in [1.54, 1.807) is 6.26 Å². The minimum Gasteiger partial charge on any atom is -0.481 e. The summed E-state index contributed by atoms with van der Waals surface area (Å²) in [6.45, 7) is 6.44. The minimum atomic E-state index is -1.80. The molecular weight excluding hydrogens is 1250 g/mol. The second-order valence-corrected chi connectivity index (χ2v) is 24.6. The van der Waals surface area contributed by atoms with E-state index in [1.165, 1.54) is 16.7 Å². The number of hydrogen-bond donors (Lipinski definition) is 10. The van der Waals surface area contributed by atoms with Gasteiger partial charge in [0.25, 0.3) is 11.8 Å². The van der Waals surface area contributed by atoms with E-state index in [-0.39, 0.29) is 75.7 Å². The summed E-state index contributed by atoms with van der Waals surface area (Å²) in [6, 6.07) is -7.64. The molecule has 0 unspecified atom stereocenters. The van der Waals surface area contributed by atoms with Crippen molar-refractivity contribution in [3.63, 3.8) is 0 Å². The number of nitrogens with zero attached hydrogens (tertiary/aromatic N) is 2. The Bertz CT molecular complexity index is 2750. The van der Waals surface area contributed by atoms with Gasteiger partial charge in [0.1, 0.15) is 12.6 Å². The molecular formula is C61H89N7O24S. The molecule has 0 aromatic carbocycles. The Hall–Kier alpha value is -8.29. The van der Waals surface area contributed by atoms with Gasteiger partial charge < -0.3 is 61.8 Å². The molecule has 0 aliphatic carbocycles. The highest BCUT2D eigenvalue weighted by molar-refractivity contribution is 7.98. The van der Waals surface area contributed by atoms with Crippen LogP contribution in [-0.2, 0) is 91.0 Å². The molecule has 0 spiro atoms. The fourth-order valence-corrected chi connectivity index (χ4v) is 10.8. The number of thioether (sulfide) groups is 1. The van der Waals surface area contributed by atoms with Crippen molar-refractivity contribution in [2.45, 2.75) is 199 Å². The number of rotatable bonds is 50. The predicted octanol–water partition coefficient (Wildman–Crippen LogP) is 0.931. The molecule has 2 heterocycles. The monoisotopic (exact) mass is 1340 g/mol. The molecule has 1 fully saturated rings. The van der Waals surface area contributed by atoms with Crippen LogP contribution < -0.4 is 26.6 Å². The molecule has 0 aromatic rings. The average molecular weight is 1340 g/mol. The van der Waals surface area contributed by atoms with Gasteiger partial charge in [-0.15, -0.1) is 0 Å². The van der Waals surface area contributed by atoms with Crippen molar-refractivity contribution in [1.82, 2.24) is 36.4 Å². The summed E-state index contributed by atoms with van der Waals surface area (Å²) in [5.74, 6) is -19.7. The van der Waals surface area contributed by atoms with Crippen LogP contribution in [-0.4, -0.2) is 216 Å². The quantitative estimate of drug-likeness (QED) is 0.0299. The summed E-state index contributed by atoms with van der Waals surface area (Å²) in [4.78, 5) is 233. The van der Waals surface area contributed by atoms with E-state index >= 15 is 0 Å². The number of Topliss-reactive ketones (excluding diaryl/α,β-unsaturated/α-hetero) is 5. The molecule has 8 atom stereocenters. The zero-order chi connectivity index (χ0) is 70.1. The number of ether oxygens (including phenoxy) is 1. The van der Waals surface area contributed by atoms with Crippen LogP contribution in [0.4, 0.5) is 0 Å². The number of ketones is 5. The van der Waals surface area contributed by atoms with Crippen LogP contribution in [0.1, 0.15) is 163 Å². The second-order valence-electron chi connectivity index (χ2n) is 23.7. The highest BCUT2D eigenvalue weighted by Gasteiger charge is 2.38. The minimum absolute atomic E-state index is 0.0559. The van der Waals surface area contributed by atoms with Crippen molar-refractivity contribution in [1.29, 1.82) is 0 Å². The Morgan fingerprint density at radius 2 is 0.957 bits per heavy atom. The fourth-order valence-electron chi connectivity index (χ4n) is 10.2. The number of nitrogens with one attached hydrogen (secondary N) is 5. The third-order valence-corrected chi connectivity index (χ3v) is 15.7. The van der Waals surface area contributed by atoms with E-state index < -0.39 is 245 Å². The topological polar surface area (TPSA) is 484 Å². The number of carbonyl (C=O) groups is 18. The zero-order valence-corrected chi connectivity index (χ0v) is 53.9. The number of aliphatic carboxylic acids is 5. The molecule has 8 amide bonds. The molecule has 31 nitrogen and oxygen atoms in total. The van der Waals surface area contributed by atoms with E-state index in [4.69, 9.17) is 4.74 Å². The maximum atomic E-state index is 14.1. The van der Waals surface area contributed by atoms with Gasteiger partial charge in [0.05, 0.1) is 30.2 Å². The van der Waals surface area contributed by atoms with Crippen LogP contribution in [0, 0.1) is 23.7 Å². The van der Waals surface area contributed by atoms with Crippen molar-refractivity contribution >= 4 is 118 Å². The lowest BCUT2D eigenvalue weighted by Gasteiger charge is -2.27. The summed E-state index contributed by atoms with van der Waals surface area (Å²) in [6.07, 6.45) is -4.84.